The van der Waals surface area contributed by atoms with Gasteiger partial charge in [-0.2, -0.15) is 0 Å². The molecule has 2 amide bonds. The highest BCUT2D eigenvalue weighted by molar-refractivity contribution is 5.84. The molecule has 24 heavy (non-hydrogen) atoms. The molecule has 1 heterocycles. The van der Waals surface area contributed by atoms with Crippen LogP contribution in [0.2, 0.25) is 0 Å². The molecular weight excluding hydrogens is 310 g/mol. The Morgan fingerprint density at radius 1 is 1.25 bits per heavy atom. The van der Waals surface area contributed by atoms with Crippen molar-refractivity contribution in [3.63, 3.8) is 0 Å². The molecule has 0 aromatic heterocycles. The molecule has 7 heteroatoms. The second kappa shape index (κ2) is 8.42. The molecule has 0 saturated carbocycles. The van der Waals surface area contributed by atoms with Gasteiger partial charge in [0.05, 0.1) is 11.5 Å². The van der Waals surface area contributed by atoms with Crippen molar-refractivity contribution in [1.82, 2.24) is 9.80 Å². The van der Waals surface area contributed by atoms with Crippen LogP contribution in [0, 0.1) is 10.1 Å². The average Bonchev–Trinajstić information content (AvgIpc) is 2.77. The van der Waals surface area contributed by atoms with Crippen LogP contribution >= 0.6 is 0 Å². The van der Waals surface area contributed by atoms with Gasteiger partial charge >= 0.3 is 0 Å². The Morgan fingerprint density at radius 3 is 2.62 bits per heavy atom. The van der Waals surface area contributed by atoms with E-state index in [0.29, 0.717) is 25.9 Å². The summed E-state index contributed by atoms with van der Waals surface area (Å²) in [5, 5.41) is 10.6. The largest absolute Gasteiger partial charge is 0.344 e. The molecule has 1 saturated heterocycles. The lowest BCUT2D eigenvalue weighted by atomic mass is 10.1. The lowest BCUT2D eigenvalue weighted by Crippen LogP contribution is -2.41. The lowest BCUT2D eigenvalue weighted by molar-refractivity contribution is -0.384. The van der Waals surface area contributed by atoms with Gasteiger partial charge in [-0.05, 0) is 24.8 Å². The third kappa shape index (κ3) is 5.04. The predicted molar refractivity (Wildman–Crippen MR) is 89.5 cm³/mol. The molecule has 0 unspecified atom stereocenters. The van der Waals surface area contributed by atoms with Crippen LogP contribution in [0.25, 0.3) is 0 Å². The van der Waals surface area contributed by atoms with Crippen LogP contribution in [0.15, 0.2) is 24.3 Å². The van der Waals surface area contributed by atoms with E-state index in [4.69, 9.17) is 0 Å². The monoisotopic (exact) mass is 333 g/mol. The summed E-state index contributed by atoms with van der Waals surface area (Å²) in [4.78, 5) is 37.7. The molecule has 0 spiro atoms. The summed E-state index contributed by atoms with van der Waals surface area (Å²) in [7, 11) is 1.72. The number of carbonyl (C=O) groups is 2. The highest BCUT2D eigenvalue weighted by Crippen LogP contribution is 2.13. The summed E-state index contributed by atoms with van der Waals surface area (Å²) in [6.07, 6.45) is 4.03. The maximum Gasteiger partial charge on any atom is 0.269 e. The number of benzene rings is 1. The first kappa shape index (κ1) is 17.9. The van der Waals surface area contributed by atoms with Crippen LogP contribution in [0.5, 0.6) is 0 Å². The third-order valence-corrected chi connectivity index (χ3v) is 4.31. The van der Waals surface area contributed by atoms with Gasteiger partial charge in [0.2, 0.25) is 11.8 Å². The smallest absolute Gasteiger partial charge is 0.269 e. The van der Waals surface area contributed by atoms with E-state index in [1.54, 1.807) is 29.0 Å². The zero-order valence-corrected chi connectivity index (χ0v) is 13.9. The second-order valence-corrected chi connectivity index (χ2v) is 6.11. The van der Waals surface area contributed by atoms with Crippen LogP contribution in [-0.4, -0.2) is 53.2 Å². The third-order valence-electron chi connectivity index (χ3n) is 4.31. The number of likely N-dealkylation sites (tertiary alicyclic amines) is 1. The van der Waals surface area contributed by atoms with Gasteiger partial charge in [0.15, 0.2) is 0 Å². The standard InChI is InChI=1S/C17H23N3O4/c1-18(12-10-14-6-8-15(9-7-14)20(23)24)17(22)13-19-11-4-2-3-5-16(19)21/h6-9H,2-5,10-13H2,1H3. The summed E-state index contributed by atoms with van der Waals surface area (Å²) in [5.41, 5.74) is 0.994. The van der Waals surface area contributed by atoms with Crippen molar-refractivity contribution in [1.29, 1.82) is 0 Å². The molecule has 1 aromatic carbocycles. The fraction of sp³-hybridized carbons (Fsp3) is 0.529. The van der Waals surface area contributed by atoms with Gasteiger partial charge in [-0.25, -0.2) is 0 Å². The normalized spacial score (nSPS) is 15.0. The van der Waals surface area contributed by atoms with E-state index < -0.39 is 4.92 Å². The van der Waals surface area contributed by atoms with E-state index >= 15 is 0 Å². The number of nitrogens with zero attached hydrogens (tertiary/aromatic N) is 3. The van der Waals surface area contributed by atoms with Gasteiger partial charge in [-0.3, -0.25) is 19.7 Å². The molecule has 0 N–H and O–H groups in total. The minimum atomic E-state index is -0.433. The number of hydrogen-bond donors (Lipinski definition) is 0. The summed E-state index contributed by atoms with van der Waals surface area (Å²) in [6, 6.07) is 6.34. The Morgan fingerprint density at radius 2 is 1.96 bits per heavy atom. The Kier molecular flexibility index (Phi) is 6.28. The van der Waals surface area contributed by atoms with Crippen LogP contribution in [-0.2, 0) is 16.0 Å². The fourth-order valence-electron chi connectivity index (χ4n) is 2.70. The summed E-state index contributed by atoms with van der Waals surface area (Å²) in [5.74, 6) is -0.0169. The minimum Gasteiger partial charge on any atom is -0.344 e. The highest BCUT2D eigenvalue weighted by Gasteiger charge is 2.20. The van der Waals surface area contributed by atoms with Gasteiger partial charge in [0, 0.05) is 38.7 Å². The number of rotatable bonds is 6. The minimum absolute atomic E-state index is 0.0582. The number of non-ortho nitro benzene ring substituents is 1. The van der Waals surface area contributed by atoms with E-state index in [1.807, 2.05) is 0 Å². The number of hydrogen-bond acceptors (Lipinski definition) is 4. The molecule has 1 aliphatic heterocycles. The van der Waals surface area contributed by atoms with Gasteiger partial charge < -0.3 is 9.80 Å². The summed E-state index contributed by atoms with van der Waals surface area (Å²) >= 11 is 0. The van der Waals surface area contributed by atoms with E-state index in [0.717, 1.165) is 24.8 Å². The van der Waals surface area contributed by atoms with Crippen molar-refractivity contribution in [3.8, 4) is 0 Å². The van der Waals surface area contributed by atoms with Crippen molar-refractivity contribution in [2.24, 2.45) is 0 Å². The van der Waals surface area contributed by atoms with Crippen molar-refractivity contribution < 1.29 is 14.5 Å². The molecule has 0 radical (unpaired) electrons. The molecular formula is C17H23N3O4. The lowest BCUT2D eigenvalue weighted by Gasteiger charge is -2.24. The molecule has 0 aliphatic carbocycles. The molecule has 1 fully saturated rings. The average molecular weight is 333 g/mol. The Balaban J connectivity index is 1.82. The summed E-state index contributed by atoms with van der Waals surface area (Å²) < 4.78 is 0. The van der Waals surface area contributed by atoms with E-state index in [-0.39, 0.29) is 24.0 Å². The Labute approximate surface area is 141 Å². The highest BCUT2D eigenvalue weighted by atomic mass is 16.6. The number of amides is 2. The molecule has 1 aromatic rings. The quantitative estimate of drug-likeness (QED) is 0.589. The maximum atomic E-state index is 12.3. The van der Waals surface area contributed by atoms with E-state index in [1.165, 1.54) is 12.1 Å². The van der Waals surface area contributed by atoms with Crippen LogP contribution < -0.4 is 0 Å². The summed E-state index contributed by atoms with van der Waals surface area (Å²) in [6.45, 7) is 1.30. The second-order valence-electron chi connectivity index (χ2n) is 6.11. The first-order chi connectivity index (χ1) is 11.5. The van der Waals surface area contributed by atoms with Gasteiger partial charge in [-0.15, -0.1) is 0 Å². The first-order valence-electron chi connectivity index (χ1n) is 8.22. The van der Waals surface area contributed by atoms with Crippen molar-refractivity contribution >= 4 is 17.5 Å². The van der Waals surface area contributed by atoms with Crippen molar-refractivity contribution in [2.75, 3.05) is 26.7 Å². The molecule has 0 atom stereocenters. The fourth-order valence-corrected chi connectivity index (χ4v) is 2.70. The maximum absolute atomic E-state index is 12.3. The molecule has 2 rings (SSSR count). The van der Waals surface area contributed by atoms with E-state index in [9.17, 15) is 19.7 Å². The number of nitro groups is 1. The molecule has 1 aliphatic rings. The molecule has 0 bridgehead atoms. The first-order valence-corrected chi connectivity index (χ1v) is 8.22. The van der Waals surface area contributed by atoms with Crippen molar-refractivity contribution in [3.05, 3.63) is 39.9 Å². The Bertz CT molecular complexity index is 600. The van der Waals surface area contributed by atoms with Gasteiger partial charge in [0.25, 0.3) is 5.69 Å². The van der Waals surface area contributed by atoms with Gasteiger partial charge in [0.1, 0.15) is 0 Å². The topological polar surface area (TPSA) is 83.8 Å². The predicted octanol–water partition coefficient (Wildman–Crippen LogP) is 2.00. The zero-order chi connectivity index (χ0) is 17.5. The van der Waals surface area contributed by atoms with E-state index in [2.05, 4.69) is 0 Å². The SMILES string of the molecule is CN(CCc1ccc([N+](=O)[O-])cc1)C(=O)CN1CCCCCC1=O. The van der Waals surface area contributed by atoms with Crippen LogP contribution in [0.3, 0.4) is 0 Å². The van der Waals surface area contributed by atoms with Crippen LogP contribution in [0.4, 0.5) is 5.69 Å². The molecule has 130 valence electrons. The zero-order valence-electron chi connectivity index (χ0n) is 13.9. The number of nitro benzene ring substituents is 1. The Hall–Kier alpha value is -2.44. The molecule has 7 nitrogen and oxygen atoms in total. The van der Waals surface area contributed by atoms with Crippen LogP contribution in [0.1, 0.15) is 31.2 Å². The number of carbonyl (C=O) groups excluding carboxylic acids is 2. The van der Waals surface area contributed by atoms with Crippen molar-refractivity contribution in [2.45, 2.75) is 32.1 Å². The van der Waals surface area contributed by atoms with Gasteiger partial charge in [-0.1, -0.05) is 18.6 Å². The number of likely N-dealkylation sites (N-methyl/N-ethyl adjacent to an activating group) is 1.